The highest BCUT2D eigenvalue weighted by molar-refractivity contribution is 7.92. The molecule has 0 aromatic heterocycles. The van der Waals surface area contributed by atoms with Gasteiger partial charge in [0.15, 0.2) is 11.5 Å². The molecule has 0 heterocycles. The molecule has 0 aliphatic heterocycles. The molecule has 0 unspecified atom stereocenters. The van der Waals surface area contributed by atoms with Gasteiger partial charge in [-0.15, -0.1) is 0 Å². The largest absolute Gasteiger partial charge is 0.493 e. The molecule has 2 amide bonds. The summed E-state index contributed by atoms with van der Waals surface area (Å²) in [4.78, 5) is 25.8. The molecular weight excluding hydrogens is 616 g/mol. The predicted molar refractivity (Wildman–Crippen MR) is 176 cm³/mol. The molecule has 0 radical (unpaired) electrons. The van der Waals surface area contributed by atoms with Gasteiger partial charge >= 0.3 is 0 Å². The van der Waals surface area contributed by atoms with Crippen LogP contribution in [-0.4, -0.2) is 46.7 Å². The lowest BCUT2D eigenvalue weighted by Crippen LogP contribution is -2.39. The van der Waals surface area contributed by atoms with Crippen molar-refractivity contribution in [2.75, 3.05) is 30.4 Å². The van der Waals surface area contributed by atoms with Gasteiger partial charge < -0.3 is 14.8 Å². The lowest BCUT2D eigenvalue weighted by molar-refractivity contribution is -0.119. The van der Waals surface area contributed by atoms with Gasteiger partial charge in [0.1, 0.15) is 6.54 Å². The first kappa shape index (κ1) is 33.0. The minimum absolute atomic E-state index is 0.0802. The van der Waals surface area contributed by atoms with Gasteiger partial charge in [-0.2, -0.15) is 5.10 Å². The minimum atomic E-state index is -4.23. The smallest absolute Gasteiger partial charge is 0.264 e. The highest BCUT2D eigenvalue weighted by atomic mass is 35.5. The van der Waals surface area contributed by atoms with E-state index in [1.807, 2.05) is 19.9 Å². The van der Waals surface area contributed by atoms with Crippen LogP contribution in [0.5, 0.6) is 11.5 Å². The van der Waals surface area contributed by atoms with Crippen molar-refractivity contribution in [2.24, 2.45) is 5.10 Å². The fourth-order valence-electron chi connectivity index (χ4n) is 4.55. The third-order valence-electron chi connectivity index (χ3n) is 6.70. The third kappa shape index (κ3) is 8.20. The Balaban J connectivity index is 1.56. The van der Waals surface area contributed by atoms with Crippen molar-refractivity contribution in [1.82, 2.24) is 5.43 Å². The maximum absolute atomic E-state index is 13.9. The summed E-state index contributed by atoms with van der Waals surface area (Å²) in [6, 6.07) is 23.0. The van der Waals surface area contributed by atoms with Crippen molar-refractivity contribution < 1.29 is 27.5 Å². The number of ether oxygens (including phenoxy) is 2. The Labute approximate surface area is 267 Å². The van der Waals surface area contributed by atoms with Crippen LogP contribution >= 0.6 is 11.6 Å². The number of hydrogen-bond acceptors (Lipinski definition) is 7. The van der Waals surface area contributed by atoms with Crippen molar-refractivity contribution >= 4 is 50.5 Å². The zero-order valence-electron chi connectivity index (χ0n) is 25.4. The Hall–Kier alpha value is -4.87. The average molecular weight is 649 g/mol. The Kier molecular flexibility index (Phi) is 10.5. The maximum Gasteiger partial charge on any atom is 0.264 e. The molecule has 0 aliphatic rings. The van der Waals surface area contributed by atoms with E-state index in [0.29, 0.717) is 39.0 Å². The second kappa shape index (κ2) is 14.3. The number of hydrazone groups is 1. The van der Waals surface area contributed by atoms with Gasteiger partial charge in [-0.25, -0.2) is 13.8 Å². The molecule has 234 valence electrons. The number of hydrogen-bond donors (Lipinski definition) is 2. The van der Waals surface area contributed by atoms with Gasteiger partial charge in [-0.3, -0.25) is 13.9 Å². The molecule has 0 bridgehead atoms. The van der Waals surface area contributed by atoms with Gasteiger partial charge in [0.2, 0.25) is 0 Å². The van der Waals surface area contributed by atoms with E-state index in [-0.39, 0.29) is 16.6 Å². The van der Waals surface area contributed by atoms with Gasteiger partial charge in [0, 0.05) is 22.3 Å². The number of carbonyl (C=O) groups is 2. The van der Waals surface area contributed by atoms with Crippen LogP contribution in [0.4, 0.5) is 11.4 Å². The van der Waals surface area contributed by atoms with Crippen molar-refractivity contribution in [3.05, 3.63) is 112 Å². The molecule has 12 heteroatoms. The van der Waals surface area contributed by atoms with Crippen LogP contribution in [0, 0.1) is 13.8 Å². The summed E-state index contributed by atoms with van der Waals surface area (Å²) in [5.74, 6) is -0.401. The second-order valence-electron chi connectivity index (χ2n) is 10.2. The van der Waals surface area contributed by atoms with Gasteiger partial charge in [0.05, 0.1) is 30.5 Å². The first-order chi connectivity index (χ1) is 21.4. The molecule has 0 saturated heterocycles. The summed E-state index contributed by atoms with van der Waals surface area (Å²) >= 11 is 6.00. The normalized spacial score (nSPS) is 11.5. The van der Waals surface area contributed by atoms with E-state index in [4.69, 9.17) is 21.1 Å². The quantitative estimate of drug-likeness (QED) is 0.153. The first-order valence-corrected chi connectivity index (χ1v) is 15.6. The number of carbonyl (C=O) groups excluding carboxylic acids is 2. The number of aryl methyl sites for hydroxylation is 2. The molecule has 4 aromatic rings. The molecule has 4 rings (SSSR count). The molecular formula is C33H33ClN4O6S. The van der Waals surface area contributed by atoms with Crippen molar-refractivity contribution in [2.45, 2.75) is 25.7 Å². The molecule has 4 aromatic carbocycles. The fraction of sp³-hybridized carbons (Fsp3) is 0.182. The lowest BCUT2D eigenvalue weighted by atomic mass is 10.1. The Morgan fingerprint density at radius 1 is 0.844 bits per heavy atom. The number of methoxy groups -OCH3 is 2. The first-order valence-electron chi connectivity index (χ1n) is 13.7. The number of nitrogens with zero attached hydrogens (tertiary/aromatic N) is 2. The SMILES string of the molecule is COc1ccc(S(=O)(=O)N(CC(=O)N/N=C(/C)c2cccc(NC(=O)c3cccc(Cl)c3)c2)c2cc(C)cc(C)c2)cc1OC. The third-order valence-corrected chi connectivity index (χ3v) is 8.70. The van der Waals surface area contributed by atoms with E-state index >= 15 is 0 Å². The van der Waals surface area contributed by atoms with E-state index in [2.05, 4.69) is 15.8 Å². The highest BCUT2D eigenvalue weighted by Gasteiger charge is 2.29. The Bertz CT molecular complexity index is 1860. The van der Waals surface area contributed by atoms with Crippen LogP contribution < -0.4 is 24.5 Å². The predicted octanol–water partition coefficient (Wildman–Crippen LogP) is 5.96. The van der Waals surface area contributed by atoms with E-state index in [9.17, 15) is 18.0 Å². The number of anilines is 2. The topological polar surface area (TPSA) is 126 Å². The second-order valence-corrected chi connectivity index (χ2v) is 12.5. The zero-order chi connectivity index (χ0) is 32.7. The summed E-state index contributed by atoms with van der Waals surface area (Å²) in [6.07, 6.45) is 0. The summed E-state index contributed by atoms with van der Waals surface area (Å²) in [5, 5.41) is 7.46. The highest BCUT2D eigenvalue weighted by Crippen LogP contribution is 2.32. The van der Waals surface area contributed by atoms with Gasteiger partial charge in [-0.05, 0) is 92.1 Å². The standard InChI is InChI=1S/C33H33ClN4O6S/c1-21-14-22(2)16-28(15-21)38(45(41,42)29-12-13-30(43-4)31(19-29)44-5)20-32(39)37-36-23(3)24-8-7-11-27(18-24)35-33(40)25-9-6-10-26(34)17-25/h6-19H,20H2,1-5H3,(H,35,40)(H,37,39)/b36-23-. The molecule has 2 N–H and O–H groups in total. The summed E-state index contributed by atoms with van der Waals surface area (Å²) < 4.78 is 39.5. The van der Waals surface area contributed by atoms with Gasteiger partial charge in [-0.1, -0.05) is 35.9 Å². The number of nitrogens with one attached hydrogen (secondary N) is 2. The molecule has 10 nitrogen and oxygen atoms in total. The number of benzene rings is 4. The van der Waals surface area contributed by atoms with E-state index in [0.717, 1.165) is 15.4 Å². The van der Waals surface area contributed by atoms with Crippen LogP contribution in [0.25, 0.3) is 0 Å². The van der Waals surface area contributed by atoms with Crippen molar-refractivity contribution in [1.29, 1.82) is 0 Å². The number of halogens is 1. The summed E-state index contributed by atoms with van der Waals surface area (Å²) in [5.41, 5.74) is 6.42. The monoisotopic (exact) mass is 648 g/mol. The minimum Gasteiger partial charge on any atom is -0.493 e. The lowest BCUT2D eigenvalue weighted by Gasteiger charge is -2.25. The number of amides is 2. The summed E-state index contributed by atoms with van der Waals surface area (Å²) in [7, 11) is -1.37. The van der Waals surface area contributed by atoms with Crippen LogP contribution in [0.1, 0.15) is 34.0 Å². The number of sulfonamides is 1. The summed E-state index contributed by atoms with van der Waals surface area (Å²) in [6.45, 7) is 4.82. The Morgan fingerprint density at radius 2 is 1.51 bits per heavy atom. The molecule has 0 saturated carbocycles. The van der Waals surface area contributed by atoms with E-state index in [1.54, 1.807) is 67.6 Å². The van der Waals surface area contributed by atoms with Crippen LogP contribution in [-0.2, 0) is 14.8 Å². The van der Waals surface area contributed by atoms with Crippen LogP contribution in [0.2, 0.25) is 5.02 Å². The zero-order valence-corrected chi connectivity index (χ0v) is 27.0. The van der Waals surface area contributed by atoms with E-state index in [1.165, 1.54) is 32.4 Å². The fourth-order valence-corrected chi connectivity index (χ4v) is 6.16. The van der Waals surface area contributed by atoms with Crippen LogP contribution in [0.3, 0.4) is 0 Å². The van der Waals surface area contributed by atoms with Crippen molar-refractivity contribution in [3.8, 4) is 11.5 Å². The molecule has 0 spiro atoms. The van der Waals surface area contributed by atoms with Crippen LogP contribution in [0.15, 0.2) is 94.9 Å². The van der Waals surface area contributed by atoms with E-state index < -0.39 is 22.5 Å². The molecule has 0 atom stereocenters. The number of rotatable bonds is 11. The van der Waals surface area contributed by atoms with Gasteiger partial charge in [0.25, 0.3) is 21.8 Å². The Morgan fingerprint density at radius 3 is 2.18 bits per heavy atom. The molecule has 0 aliphatic carbocycles. The average Bonchev–Trinajstić information content (AvgIpc) is 3.01. The molecule has 45 heavy (non-hydrogen) atoms. The van der Waals surface area contributed by atoms with Crippen molar-refractivity contribution in [3.63, 3.8) is 0 Å². The molecule has 0 fully saturated rings. The maximum atomic E-state index is 13.9.